The maximum Gasteiger partial charge on any atom is 0.349 e. The van der Waals surface area contributed by atoms with Crippen molar-refractivity contribution in [3.05, 3.63) is 12.7 Å². The quantitative estimate of drug-likeness (QED) is 0.0235. The van der Waals surface area contributed by atoms with Crippen molar-refractivity contribution in [1.82, 2.24) is 26.2 Å². The van der Waals surface area contributed by atoms with Crippen molar-refractivity contribution < 1.29 is 166 Å². The van der Waals surface area contributed by atoms with Crippen molar-refractivity contribution in [2.24, 2.45) is 27.6 Å². The SMILES string of the molecule is C=CCOCC(COC)OC.CCC(C)(C)C(=O)NC(CC(=O)O)C(=O)O.CCC(C)(C)C(=O)NC(CO)(CO)CO.CCC(C)(C)C(=O)NCC(=O)O.CCC(C)(C)C(=O)OCCCC(=O)OC(CC(=O)O)(CC(=O)O)C(=O)O.CCC(C)C(=O)NC(C)C(=O)O.CCN(CC)CC(COC)OC.COCC(OC)C(=O)O. The number of likely N-dealkylation sites (N-methyl/N-ethyl adjacent to an activating group) is 1. The Hall–Kier alpha value is -8.12. The highest BCUT2D eigenvalue weighted by atomic mass is 16.6. The van der Waals surface area contributed by atoms with Gasteiger partial charge in [0, 0.05) is 77.8 Å². The second-order valence-electron chi connectivity index (χ2n) is 27.7. The number of hydrogen-bond donors (Lipinski definition) is 15. The van der Waals surface area contributed by atoms with Crippen molar-refractivity contribution >= 4 is 83.3 Å². The van der Waals surface area contributed by atoms with Gasteiger partial charge in [0.15, 0.2) is 6.10 Å². The third-order valence-electron chi connectivity index (χ3n) is 16.9. The van der Waals surface area contributed by atoms with Crippen molar-refractivity contribution in [3.8, 4) is 0 Å². The van der Waals surface area contributed by atoms with E-state index in [-0.39, 0.29) is 68.4 Å². The summed E-state index contributed by atoms with van der Waals surface area (Å²) in [6.45, 7) is 37.8. The van der Waals surface area contributed by atoms with Crippen LogP contribution >= 0.6 is 0 Å². The lowest BCUT2D eigenvalue weighted by atomic mass is 9.87. The van der Waals surface area contributed by atoms with Crippen LogP contribution in [0.15, 0.2) is 12.7 Å². The fourth-order valence-corrected chi connectivity index (χ4v) is 6.89. The molecule has 4 amide bonds. The summed E-state index contributed by atoms with van der Waals surface area (Å²) in [5.74, 6) is -13.6. The number of esters is 2. The van der Waals surface area contributed by atoms with Crippen molar-refractivity contribution in [1.29, 1.82) is 0 Å². The molecule has 39 heteroatoms. The number of rotatable bonds is 50. The summed E-state index contributed by atoms with van der Waals surface area (Å²) in [5.41, 5.74) is -6.46. The van der Waals surface area contributed by atoms with Crippen LogP contribution in [0.1, 0.15) is 182 Å². The van der Waals surface area contributed by atoms with Gasteiger partial charge in [0.05, 0.1) is 90.2 Å². The van der Waals surface area contributed by atoms with Crippen LogP contribution in [-0.2, 0) is 110 Å². The highest BCUT2D eigenvalue weighted by Crippen LogP contribution is 2.26. The number of hydrogen-bond acceptors (Lipinski definition) is 27. The Bertz CT molecular complexity index is 2710. The minimum absolute atomic E-state index is 0.0141. The zero-order valence-electron chi connectivity index (χ0n) is 70.8. The minimum Gasteiger partial charge on any atom is -0.481 e. The summed E-state index contributed by atoms with van der Waals surface area (Å²) in [4.78, 5) is 156. The Morgan fingerprint density at radius 1 is 0.513 bits per heavy atom. The van der Waals surface area contributed by atoms with E-state index in [1.54, 1.807) is 104 Å². The molecule has 0 aromatic heterocycles. The van der Waals surface area contributed by atoms with Crippen LogP contribution in [0.2, 0.25) is 0 Å². The van der Waals surface area contributed by atoms with Gasteiger partial charge in [-0.05, 0) is 72.4 Å². The number of carbonyl (C=O) groups is 14. The van der Waals surface area contributed by atoms with Crippen LogP contribution in [-0.4, -0.2) is 314 Å². The van der Waals surface area contributed by atoms with E-state index < -0.39 is 156 Å². The molecule has 0 radical (unpaired) electrons. The second kappa shape index (κ2) is 67.2. The van der Waals surface area contributed by atoms with Gasteiger partial charge in [0.2, 0.25) is 29.2 Å². The number of nitrogens with zero attached hydrogens (tertiary/aromatic N) is 1. The third kappa shape index (κ3) is 61.1. The van der Waals surface area contributed by atoms with Gasteiger partial charge in [-0.25, -0.2) is 14.4 Å². The fraction of sp³-hybridized carbons (Fsp3) is 0.784. The van der Waals surface area contributed by atoms with E-state index in [2.05, 4.69) is 60.8 Å². The molecule has 0 rings (SSSR count). The maximum atomic E-state index is 11.8. The van der Waals surface area contributed by atoms with E-state index in [9.17, 15) is 67.1 Å². The summed E-state index contributed by atoms with van der Waals surface area (Å²) in [7, 11) is 9.47. The molecule has 39 nitrogen and oxygen atoms in total. The van der Waals surface area contributed by atoms with Gasteiger partial charge in [0.1, 0.15) is 30.3 Å². The van der Waals surface area contributed by atoms with Crippen molar-refractivity contribution in [2.45, 2.75) is 223 Å². The van der Waals surface area contributed by atoms with E-state index in [1.807, 2.05) is 27.7 Å². The highest BCUT2D eigenvalue weighted by Gasteiger charge is 2.47. The molecule has 0 aliphatic carbocycles. The van der Waals surface area contributed by atoms with Crippen LogP contribution < -0.4 is 21.3 Å². The molecule has 0 bridgehead atoms. The summed E-state index contributed by atoms with van der Waals surface area (Å²) in [6, 6.07) is -2.18. The molecule has 0 aliphatic heterocycles. The molecule has 0 fully saturated rings. The number of carboxylic acid groups (broad SMARTS) is 8. The molecule has 15 N–H and O–H groups in total. The molecule has 0 saturated carbocycles. The lowest BCUT2D eigenvalue weighted by molar-refractivity contribution is -0.186. The number of nitrogens with one attached hydrogen (secondary N) is 4. The van der Waals surface area contributed by atoms with Gasteiger partial charge in [-0.15, -0.1) is 6.58 Å². The van der Waals surface area contributed by atoms with E-state index in [1.165, 1.54) is 21.1 Å². The Morgan fingerprint density at radius 3 is 1.28 bits per heavy atom. The first kappa shape index (κ1) is 121. The number of methoxy groups -OCH3 is 6. The summed E-state index contributed by atoms with van der Waals surface area (Å²) in [5, 5.41) is 106. The van der Waals surface area contributed by atoms with E-state index >= 15 is 0 Å². The van der Waals surface area contributed by atoms with E-state index in [0.29, 0.717) is 52.1 Å². The minimum atomic E-state index is -2.70. The normalized spacial score (nSPS) is 12.7. The zero-order chi connectivity index (χ0) is 90.3. The fourth-order valence-electron chi connectivity index (χ4n) is 6.89. The number of amides is 4. The van der Waals surface area contributed by atoms with Crippen molar-refractivity contribution in [2.75, 3.05) is 128 Å². The van der Waals surface area contributed by atoms with Gasteiger partial charge in [-0.2, -0.15) is 0 Å². The third-order valence-corrected chi connectivity index (χ3v) is 16.9. The number of aliphatic hydroxyl groups is 3. The van der Waals surface area contributed by atoms with Gasteiger partial charge in [-0.1, -0.05) is 103 Å². The summed E-state index contributed by atoms with van der Waals surface area (Å²) >= 11 is 0. The lowest BCUT2D eigenvalue weighted by Crippen LogP contribution is -2.59. The Labute approximate surface area is 665 Å². The first-order valence-corrected chi connectivity index (χ1v) is 36.4. The molecule has 0 aliphatic rings. The van der Waals surface area contributed by atoms with Crippen LogP contribution in [0.5, 0.6) is 0 Å². The molecule has 0 spiro atoms. The highest BCUT2D eigenvalue weighted by molar-refractivity contribution is 5.91. The Morgan fingerprint density at radius 2 is 0.956 bits per heavy atom. The Balaban J connectivity index is -0.000000190. The van der Waals surface area contributed by atoms with E-state index in [0.717, 1.165) is 26.1 Å². The van der Waals surface area contributed by atoms with Gasteiger partial charge in [-0.3, -0.25) is 52.7 Å². The summed E-state index contributed by atoms with van der Waals surface area (Å²) < 4.78 is 44.2. The number of carbonyl (C=O) groups excluding carboxylic acids is 6. The predicted molar refractivity (Wildman–Crippen MR) is 411 cm³/mol. The molecule has 0 saturated heterocycles. The lowest BCUT2D eigenvalue weighted by Gasteiger charge is -2.33. The average molecular weight is 1640 g/mol. The first-order valence-electron chi connectivity index (χ1n) is 36.4. The van der Waals surface area contributed by atoms with Crippen LogP contribution in [0.4, 0.5) is 0 Å². The van der Waals surface area contributed by atoms with Gasteiger partial charge in [0.25, 0.3) is 0 Å². The topological polar surface area (TPSA) is 596 Å². The standard InChI is InChI=1S/C16H24O10.C10H17NO5.C10H21NO4.C9H21NO2.2C8H15NO3.C8H16O3.C5H10O4/c1-4-15(2,3)14(24)25-7-5-6-12(21)26-16(13(22)23,8-10(17)18)9-11(19)20;1-4-10(2,3)9(16)11-6(8(14)15)5-7(12)13;1-4-9(2,3)8(15)11-10(5-12,6-13)7-14;1-5-10(6-2)7-9(12-4)8-11-3;1-4-8(2,3)7(12)9-5-6(10)11;1-4-5(2)7(10)9-6(3)8(11)12;1-4-5-11-7-8(10-3)6-9-2;1-8-3-4(9-2)5(6)7/h4-9H2,1-3H3,(H,17,18)(H,19,20)(H,22,23);6H,4-5H2,1-3H3,(H,11,16)(H,12,13)(H,14,15);12-14H,4-7H2,1-3H3,(H,11,15);9H,5-8H2,1-4H3;4-5H2,1-3H3,(H,9,12)(H,10,11);5-6H,4H2,1-3H3,(H,9,10)(H,11,12);4,8H,1,5-7H2,2-3H3;4H,3H2,1-2H3,(H,6,7). The van der Waals surface area contributed by atoms with Crippen molar-refractivity contribution in [3.63, 3.8) is 0 Å². The van der Waals surface area contributed by atoms with Gasteiger partial charge >= 0.3 is 59.7 Å². The first-order chi connectivity index (χ1) is 52.2. The average Bonchev–Trinajstić information content (AvgIpc) is 0.821. The largest absolute Gasteiger partial charge is 0.481 e. The maximum absolute atomic E-state index is 11.8. The monoisotopic (exact) mass is 1640 g/mol. The number of ether oxygens (including phenoxy) is 9. The van der Waals surface area contributed by atoms with Crippen LogP contribution in [0, 0.1) is 27.6 Å². The Kier molecular flexibility index (Phi) is 71.7. The molecule has 0 aromatic carbocycles. The molecule has 6 unspecified atom stereocenters. The predicted octanol–water partition coefficient (Wildman–Crippen LogP) is 3.60. The summed E-state index contributed by atoms with van der Waals surface area (Å²) in [6.07, 6.45) is 0.880. The molecular formula is C74H139N5O34. The molecule has 113 heavy (non-hydrogen) atoms. The number of carboxylic acids is 8. The number of aliphatic hydroxyl groups excluding tert-OH is 3. The number of aliphatic carboxylic acids is 8. The second-order valence-corrected chi connectivity index (χ2v) is 27.7. The molecular weight excluding hydrogens is 1500 g/mol. The van der Waals surface area contributed by atoms with E-state index in [4.69, 9.17) is 84.6 Å². The molecule has 0 aromatic rings. The molecule has 664 valence electrons. The molecule has 6 atom stereocenters. The zero-order valence-corrected chi connectivity index (χ0v) is 70.8. The van der Waals surface area contributed by atoms with Crippen LogP contribution in [0.3, 0.4) is 0 Å². The molecule has 0 heterocycles. The van der Waals surface area contributed by atoms with Gasteiger partial charge < -0.3 is 125 Å². The smallest absolute Gasteiger partial charge is 0.349 e. The van der Waals surface area contributed by atoms with Crippen LogP contribution in [0.25, 0.3) is 0 Å².